The van der Waals surface area contributed by atoms with E-state index in [9.17, 15) is 4.79 Å². The Morgan fingerprint density at radius 1 is 1.70 bits per heavy atom. The van der Waals surface area contributed by atoms with Gasteiger partial charge in [-0.3, -0.25) is 0 Å². The van der Waals surface area contributed by atoms with Gasteiger partial charge in [-0.1, -0.05) is 6.08 Å². The monoisotopic (exact) mass is 143 g/mol. The summed E-state index contributed by atoms with van der Waals surface area (Å²) in [5.74, 6) is -1.24. The Kier molecular flexibility index (Phi) is 3.21. The molecule has 0 amide bonds. The second-order valence-electron chi connectivity index (χ2n) is 1.61. The molecule has 0 aromatic heterocycles. The third-order valence-corrected chi connectivity index (χ3v) is 0.968. The van der Waals surface area contributed by atoms with E-state index in [2.05, 4.69) is 6.58 Å². The summed E-state index contributed by atoms with van der Waals surface area (Å²) in [5.41, 5.74) is 4.63. The maximum absolute atomic E-state index is 10.2. The van der Waals surface area contributed by atoms with Gasteiger partial charge in [0.25, 0.3) is 0 Å². The summed E-state index contributed by atoms with van der Waals surface area (Å²) in [5, 5.41) is 17.2. The van der Waals surface area contributed by atoms with Crippen LogP contribution in [0.1, 0.15) is 0 Å². The third kappa shape index (κ3) is 1.91. The molecule has 0 fully saturated rings. The molecule has 0 rings (SSSR count). The van der Waals surface area contributed by atoms with Crippen LogP contribution >= 0.6 is 0 Å². The van der Waals surface area contributed by atoms with E-state index in [0.29, 0.717) is 0 Å². The van der Waals surface area contributed by atoms with Gasteiger partial charge in [-0.15, -0.1) is 6.58 Å². The number of carboxylic acid groups (broad SMARTS) is 1. The molecular formula is C6H9NO3. The molecule has 0 saturated heterocycles. The molecule has 0 spiro atoms. The van der Waals surface area contributed by atoms with Crippen molar-refractivity contribution in [3.63, 3.8) is 0 Å². The van der Waals surface area contributed by atoms with Crippen LogP contribution in [0.3, 0.4) is 0 Å². The van der Waals surface area contributed by atoms with Crippen molar-refractivity contribution < 1.29 is 15.0 Å². The van der Waals surface area contributed by atoms with Crippen LogP contribution in [0.2, 0.25) is 0 Å². The van der Waals surface area contributed by atoms with Crippen LogP contribution in [-0.4, -0.2) is 22.3 Å². The SMILES string of the molecule is C=CC(O)C(=CN)C(=O)O. The van der Waals surface area contributed by atoms with Crippen molar-refractivity contribution >= 4 is 5.97 Å². The van der Waals surface area contributed by atoms with E-state index in [1.165, 1.54) is 0 Å². The number of carboxylic acids is 1. The molecule has 0 saturated carbocycles. The lowest BCUT2D eigenvalue weighted by Gasteiger charge is -2.03. The van der Waals surface area contributed by atoms with Gasteiger partial charge in [-0.05, 0) is 0 Å². The van der Waals surface area contributed by atoms with E-state index >= 15 is 0 Å². The van der Waals surface area contributed by atoms with Crippen molar-refractivity contribution in [2.24, 2.45) is 5.73 Å². The lowest BCUT2D eigenvalue weighted by molar-refractivity contribution is -0.133. The number of hydrogen-bond acceptors (Lipinski definition) is 3. The topological polar surface area (TPSA) is 83.5 Å². The van der Waals surface area contributed by atoms with E-state index in [-0.39, 0.29) is 5.57 Å². The summed E-state index contributed by atoms with van der Waals surface area (Å²) < 4.78 is 0. The molecule has 0 aliphatic rings. The van der Waals surface area contributed by atoms with Crippen molar-refractivity contribution in [1.82, 2.24) is 0 Å². The molecule has 0 aliphatic carbocycles. The van der Waals surface area contributed by atoms with Gasteiger partial charge in [0.1, 0.15) is 6.10 Å². The highest BCUT2D eigenvalue weighted by Gasteiger charge is 2.13. The first kappa shape index (κ1) is 8.71. The fourth-order valence-corrected chi connectivity index (χ4v) is 0.423. The molecule has 0 radical (unpaired) electrons. The average Bonchev–Trinajstić information content (AvgIpc) is 1.88. The summed E-state index contributed by atoms with van der Waals surface area (Å²) in [6, 6.07) is 0. The fourth-order valence-electron chi connectivity index (χ4n) is 0.423. The van der Waals surface area contributed by atoms with Gasteiger partial charge in [-0.25, -0.2) is 4.79 Å². The number of aliphatic hydroxyl groups excluding tert-OH is 1. The Morgan fingerprint density at radius 3 is 2.30 bits per heavy atom. The third-order valence-electron chi connectivity index (χ3n) is 0.968. The van der Waals surface area contributed by atoms with Gasteiger partial charge in [0, 0.05) is 6.20 Å². The summed E-state index contributed by atoms with van der Waals surface area (Å²) in [7, 11) is 0. The van der Waals surface area contributed by atoms with Crippen LogP contribution < -0.4 is 5.73 Å². The van der Waals surface area contributed by atoms with Gasteiger partial charge < -0.3 is 15.9 Å². The number of rotatable bonds is 3. The highest BCUT2D eigenvalue weighted by atomic mass is 16.4. The van der Waals surface area contributed by atoms with Crippen molar-refractivity contribution in [1.29, 1.82) is 0 Å². The number of carbonyl (C=O) groups is 1. The number of aliphatic hydroxyl groups is 1. The first-order valence-electron chi connectivity index (χ1n) is 2.59. The van der Waals surface area contributed by atoms with E-state index in [1.54, 1.807) is 0 Å². The second kappa shape index (κ2) is 3.68. The predicted molar refractivity (Wildman–Crippen MR) is 36.1 cm³/mol. The van der Waals surface area contributed by atoms with Gasteiger partial charge in [-0.2, -0.15) is 0 Å². The second-order valence-corrected chi connectivity index (χ2v) is 1.61. The molecule has 10 heavy (non-hydrogen) atoms. The van der Waals surface area contributed by atoms with Crippen LogP contribution in [0.25, 0.3) is 0 Å². The van der Waals surface area contributed by atoms with E-state index in [0.717, 1.165) is 12.3 Å². The molecule has 1 atom stereocenters. The van der Waals surface area contributed by atoms with Crippen LogP contribution in [-0.2, 0) is 4.79 Å². The Hall–Kier alpha value is -1.29. The first-order valence-corrected chi connectivity index (χ1v) is 2.59. The summed E-state index contributed by atoms with van der Waals surface area (Å²) in [6.45, 7) is 3.20. The Balaban J connectivity index is 4.37. The zero-order valence-corrected chi connectivity index (χ0v) is 5.32. The molecule has 0 aliphatic heterocycles. The largest absolute Gasteiger partial charge is 0.478 e. The van der Waals surface area contributed by atoms with Crippen LogP contribution in [0.5, 0.6) is 0 Å². The predicted octanol–water partition coefficient (Wildman–Crippen LogP) is -0.540. The zero-order chi connectivity index (χ0) is 8.15. The highest BCUT2D eigenvalue weighted by molar-refractivity contribution is 5.87. The normalized spacial score (nSPS) is 14.3. The molecule has 0 heterocycles. The molecular weight excluding hydrogens is 134 g/mol. The Labute approximate surface area is 58.3 Å². The molecule has 0 aromatic rings. The van der Waals surface area contributed by atoms with Crippen molar-refractivity contribution in [2.45, 2.75) is 6.10 Å². The lowest BCUT2D eigenvalue weighted by Crippen LogP contribution is -2.16. The van der Waals surface area contributed by atoms with Crippen molar-refractivity contribution in [2.75, 3.05) is 0 Å². The quantitative estimate of drug-likeness (QED) is 0.366. The van der Waals surface area contributed by atoms with E-state index in [4.69, 9.17) is 15.9 Å². The van der Waals surface area contributed by atoms with Crippen LogP contribution in [0.4, 0.5) is 0 Å². The molecule has 4 N–H and O–H groups in total. The zero-order valence-electron chi connectivity index (χ0n) is 5.32. The Bertz CT molecular complexity index is 174. The molecule has 1 unspecified atom stereocenters. The minimum absolute atomic E-state index is 0.269. The van der Waals surface area contributed by atoms with Crippen LogP contribution in [0.15, 0.2) is 24.4 Å². The number of hydrogen-bond donors (Lipinski definition) is 3. The fraction of sp³-hybridized carbons (Fsp3) is 0.167. The summed E-state index contributed by atoms with van der Waals surface area (Å²) in [4.78, 5) is 10.2. The number of aliphatic carboxylic acids is 1. The maximum Gasteiger partial charge on any atom is 0.336 e. The van der Waals surface area contributed by atoms with Gasteiger partial charge in [0.05, 0.1) is 5.57 Å². The Morgan fingerprint density at radius 2 is 2.20 bits per heavy atom. The maximum atomic E-state index is 10.2. The number of nitrogens with two attached hydrogens (primary N) is 1. The van der Waals surface area contributed by atoms with Crippen molar-refractivity contribution in [3.8, 4) is 0 Å². The molecule has 56 valence electrons. The summed E-state index contributed by atoms with van der Waals surface area (Å²) in [6.07, 6.45) is 0.740. The lowest BCUT2D eigenvalue weighted by atomic mass is 10.1. The average molecular weight is 143 g/mol. The first-order chi connectivity index (χ1) is 4.63. The molecule has 4 nitrogen and oxygen atoms in total. The summed E-state index contributed by atoms with van der Waals surface area (Å²) >= 11 is 0. The van der Waals surface area contributed by atoms with Gasteiger partial charge in [0.2, 0.25) is 0 Å². The van der Waals surface area contributed by atoms with Gasteiger partial charge in [0.15, 0.2) is 0 Å². The molecule has 0 bridgehead atoms. The molecule has 0 aromatic carbocycles. The van der Waals surface area contributed by atoms with E-state index in [1.807, 2.05) is 0 Å². The standard InChI is InChI=1S/C6H9NO3/c1-2-5(8)4(3-7)6(9)10/h2-3,5,8H,1,7H2,(H,9,10). The smallest absolute Gasteiger partial charge is 0.336 e. The minimum atomic E-state index is -1.24. The van der Waals surface area contributed by atoms with Crippen molar-refractivity contribution in [3.05, 3.63) is 24.4 Å². The van der Waals surface area contributed by atoms with Crippen LogP contribution in [0, 0.1) is 0 Å². The minimum Gasteiger partial charge on any atom is -0.478 e. The van der Waals surface area contributed by atoms with E-state index < -0.39 is 12.1 Å². The van der Waals surface area contributed by atoms with Gasteiger partial charge >= 0.3 is 5.97 Å². The molecule has 4 heteroatoms. The highest BCUT2D eigenvalue weighted by Crippen LogP contribution is 2.00.